The van der Waals surface area contributed by atoms with Crippen molar-refractivity contribution in [2.45, 2.75) is 32.6 Å². The second-order valence-electron chi connectivity index (χ2n) is 6.31. The molecule has 0 aliphatic heterocycles. The Labute approximate surface area is 158 Å². The molecule has 0 bridgehead atoms. The molecule has 5 heteroatoms. The van der Waals surface area contributed by atoms with E-state index in [2.05, 4.69) is 9.97 Å². The SMILES string of the molecule is CCCC(C(=O)O)c1c(C)nc(-c2ccccc2)nc1Oc1ccccc1. The number of carbonyl (C=O) groups is 1. The number of carboxylic acid groups (broad SMARTS) is 1. The number of benzene rings is 2. The van der Waals surface area contributed by atoms with Crippen LogP contribution in [0.5, 0.6) is 11.6 Å². The molecule has 1 heterocycles. The summed E-state index contributed by atoms with van der Waals surface area (Å²) in [6.45, 7) is 3.77. The van der Waals surface area contributed by atoms with Crippen molar-refractivity contribution in [3.63, 3.8) is 0 Å². The van der Waals surface area contributed by atoms with E-state index in [1.165, 1.54) is 0 Å². The Bertz CT molecular complexity index is 912. The summed E-state index contributed by atoms with van der Waals surface area (Å²) in [5.41, 5.74) is 2.01. The number of hydrogen-bond donors (Lipinski definition) is 1. The zero-order valence-electron chi connectivity index (χ0n) is 15.4. The molecule has 1 N–H and O–H groups in total. The van der Waals surface area contributed by atoms with Gasteiger partial charge in [-0.05, 0) is 25.5 Å². The standard InChI is InChI=1S/C22H22N2O3/c1-3-10-18(22(25)26)19-15(2)23-20(16-11-6-4-7-12-16)24-21(19)27-17-13-8-5-9-14-17/h4-9,11-14,18H,3,10H2,1-2H3,(H,25,26). The molecule has 1 unspecified atom stereocenters. The number of hydrogen-bond acceptors (Lipinski definition) is 4. The van der Waals surface area contributed by atoms with Gasteiger partial charge >= 0.3 is 5.97 Å². The molecule has 1 aromatic heterocycles. The highest BCUT2D eigenvalue weighted by Crippen LogP contribution is 2.35. The molecule has 0 saturated carbocycles. The quantitative estimate of drug-likeness (QED) is 0.624. The summed E-state index contributed by atoms with van der Waals surface area (Å²) in [4.78, 5) is 21.1. The van der Waals surface area contributed by atoms with Crippen molar-refractivity contribution in [3.8, 4) is 23.0 Å². The third-order valence-electron chi connectivity index (χ3n) is 4.31. The number of carboxylic acids is 1. The van der Waals surface area contributed by atoms with Crippen molar-refractivity contribution >= 4 is 5.97 Å². The fourth-order valence-corrected chi connectivity index (χ4v) is 3.03. The van der Waals surface area contributed by atoms with Crippen LogP contribution in [0.15, 0.2) is 60.7 Å². The van der Waals surface area contributed by atoms with Gasteiger partial charge in [-0.25, -0.2) is 4.98 Å². The van der Waals surface area contributed by atoms with E-state index in [-0.39, 0.29) is 0 Å². The van der Waals surface area contributed by atoms with Gasteiger partial charge in [0.15, 0.2) is 5.82 Å². The fourth-order valence-electron chi connectivity index (χ4n) is 3.03. The van der Waals surface area contributed by atoms with Crippen molar-refractivity contribution < 1.29 is 14.6 Å². The van der Waals surface area contributed by atoms with Gasteiger partial charge < -0.3 is 9.84 Å². The average molecular weight is 362 g/mol. The van der Waals surface area contributed by atoms with Gasteiger partial charge in [-0.1, -0.05) is 61.9 Å². The number of nitrogens with zero attached hydrogens (tertiary/aromatic N) is 2. The second-order valence-corrected chi connectivity index (χ2v) is 6.31. The Kier molecular flexibility index (Phi) is 5.81. The topological polar surface area (TPSA) is 72.3 Å². The third kappa shape index (κ3) is 4.31. The van der Waals surface area contributed by atoms with Crippen LogP contribution in [0.2, 0.25) is 0 Å². The van der Waals surface area contributed by atoms with Crippen LogP contribution in [0.1, 0.15) is 36.9 Å². The van der Waals surface area contributed by atoms with E-state index < -0.39 is 11.9 Å². The maximum atomic E-state index is 11.9. The summed E-state index contributed by atoms with van der Waals surface area (Å²) < 4.78 is 6.02. The van der Waals surface area contributed by atoms with Gasteiger partial charge in [0.1, 0.15) is 5.75 Å². The highest BCUT2D eigenvalue weighted by molar-refractivity contribution is 5.77. The fraction of sp³-hybridized carbons (Fsp3) is 0.227. The maximum Gasteiger partial charge on any atom is 0.311 e. The predicted octanol–water partition coefficient (Wildman–Crippen LogP) is 5.21. The van der Waals surface area contributed by atoms with Crippen LogP contribution in [0.3, 0.4) is 0 Å². The maximum absolute atomic E-state index is 11.9. The molecule has 0 spiro atoms. The van der Waals surface area contributed by atoms with Crippen LogP contribution < -0.4 is 4.74 Å². The van der Waals surface area contributed by atoms with Crippen LogP contribution in [-0.4, -0.2) is 21.0 Å². The molecule has 2 aromatic carbocycles. The molecule has 27 heavy (non-hydrogen) atoms. The van der Waals surface area contributed by atoms with Gasteiger partial charge in [-0.3, -0.25) is 4.79 Å². The normalized spacial score (nSPS) is 11.8. The molecular formula is C22H22N2O3. The Morgan fingerprint density at radius 1 is 1.04 bits per heavy atom. The van der Waals surface area contributed by atoms with Crippen molar-refractivity contribution in [2.75, 3.05) is 0 Å². The molecule has 0 amide bonds. The van der Waals surface area contributed by atoms with Crippen molar-refractivity contribution in [1.29, 1.82) is 0 Å². The minimum absolute atomic E-state index is 0.299. The first-order valence-electron chi connectivity index (χ1n) is 8.99. The number of rotatable bonds is 7. The molecule has 0 fully saturated rings. The predicted molar refractivity (Wildman–Crippen MR) is 104 cm³/mol. The van der Waals surface area contributed by atoms with Gasteiger partial charge in [0.2, 0.25) is 5.88 Å². The Balaban J connectivity index is 2.14. The van der Waals surface area contributed by atoms with Crippen LogP contribution in [0, 0.1) is 6.92 Å². The zero-order chi connectivity index (χ0) is 19.2. The highest BCUT2D eigenvalue weighted by atomic mass is 16.5. The van der Waals surface area contributed by atoms with Crippen LogP contribution in [0.25, 0.3) is 11.4 Å². The molecular weight excluding hydrogens is 340 g/mol. The van der Waals surface area contributed by atoms with Crippen molar-refractivity contribution in [2.24, 2.45) is 0 Å². The second kappa shape index (κ2) is 8.45. The largest absolute Gasteiger partial charge is 0.481 e. The van der Waals surface area contributed by atoms with E-state index in [1.54, 1.807) is 0 Å². The van der Waals surface area contributed by atoms with Gasteiger partial charge in [0, 0.05) is 11.3 Å². The summed E-state index contributed by atoms with van der Waals surface area (Å²) in [5.74, 6) is -0.180. The molecule has 5 nitrogen and oxygen atoms in total. The smallest absolute Gasteiger partial charge is 0.311 e. The summed E-state index contributed by atoms with van der Waals surface area (Å²) >= 11 is 0. The number of para-hydroxylation sites is 1. The first-order valence-corrected chi connectivity index (χ1v) is 8.99. The minimum atomic E-state index is -0.895. The lowest BCUT2D eigenvalue weighted by atomic mass is 9.94. The summed E-state index contributed by atoms with van der Waals surface area (Å²) in [5, 5.41) is 9.75. The number of aryl methyl sites for hydroxylation is 1. The highest BCUT2D eigenvalue weighted by Gasteiger charge is 2.28. The van der Waals surface area contributed by atoms with E-state index in [0.29, 0.717) is 35.1 Å². The lowest BCUT2D eigenvalue weighted by molar-refractivity contribution is -0.139. The van der Waals surface area contributed by atoms with E-state index in [1.807, 2.05) is 74.5 Å². The van der Waals surface area contributed by atoms with Crippen LogP contribution in [-0.2, 0) is 4.79 Å². The van der Waals surface area contributed by atoms with Gasteiger partial charge in [0.05, 0.1) is 11.5 Å². The molecule has 3 rings (SSSR count). The number of aliphatic carboxylic acids is 1. The molecule has 3 aromatic rings. The Morgan fingerprint density at radius 2 is 1.67 bits per heavy atom. The van der Waals surface area contributed by atoms with Crippen molar-refractivity contribution in [1.82, 2.24) is 9.97 Å². The van der Waals surface area contributed by atoms with E-state index in [0.717, 1.165) is 12.0 Å². The van der Waals surface area contributed by atoms with E-state index in [4.69, 9.17) is 4.74 Å². The third-order valence-corrected chi connectivity index (χ3v) is 4.31. The Hall–Kier alpha value is -3.21. The zero-order valence-corrected chi connectivity index (χ0v) is 15.4. The lowest BCUT2D eigenvalue weighted by Crippen LogP contribution is -2.16. The molecule has 0 aliphatic rings. The molecule has 0 saturated heterocycles. The summed E-state index contributed by atoms with van der Waals surface area (Å²) in [6, 6.07) is 18.8. The molecule has 1 atom stereocenters. The van der Waals surface area contributed by atoms with Gasteiger partial charge in [-0.2, -0.15) is 4.98 Å². The average Bonchev–Trinajstić information content (AvgIpc) is 2.68. The van der Waals surface area contributed by atoms with E-state index >= 15 is 0 Å². The first-order chi connectivity index (χ1) is 13.1. The molecule has 138 valence electrons. The van der Waals surface area contributed by atoms with Crippen LogP contribution >= 0.6 is 0 Å². The Morgan fingerprint density at radius 3 is 2.26 bits per heavy atom. The lowest BCUT2D eigenvalue weighted by Gasteiger charge is -2.19. The minimum Gasteiger partial charge on any atom is -0.481 e. The molecule has 0 aliphatic carbocycles. The first kappa shape index (κ1) is 18.6. The summed E-state index contributed by atoms with van der Waals surface area (Å²) in [6.07, 6.45) is 1.23. The number of ether oxygens (including phenoxy) is 1. The number of aromatic nitrogens is 2. The van der Waals surface area contributed by atoms with Crippen LogP contribution in [0.4, 0.5) is 0 Å². The van der Waals surface area contributed by atoms with Gasteiger partial charge in [0.25, 0.3) is 0 Å². The van der Waals surface area contributed by atoms with Gasteiger partial charge in [-0.15, -0.1) is 0 Å². The monoisotopic (exact) mass is 362 g/mol. The van der Waals surface area contributed by atoms with E-state index in [9.17, 15) is 9.90 Å². The van der Waals surface area contributed by atoms with Crippen molar-refractivity contribution in [3.05, 3.63) is 71.9 Å². The summed E-state index contributed by atoms with van der Waals surface area (Å²) in [7, 11) is 0. The molecule has 0 radical (unpaired) electrons.